The van der Waals surface area contributed by atoms with Crippen LogP contribution in [0.1, 0.15) is 5.82 Å². The summed E-state index contributed by atoms with van der Waals surface area (Å²) in [5, 5.41) is 0.498. The van der Waals surface area contributed by atoms with Crippen LogP contribution < -0.4 is 4.48 Å². The molecule has 0 atom stereocenters. The number of nitrogens with zero attached hydrogens (tertiary/aromatic N) is 2. The van der Waals surface area contributed by atoms with Crippen LogP contribution in [-0.4, -0.2) is 26.8 Å². The molecule has 0 fully saturated rings. The summed E-state index contributed by atoms with van der Waals surface area (Å²) in [6.07, 6.45) is 0. The normalized spacial score (nSPS) is 9.67. The molecule has 9 heavy (non-hydrogen) atoms. The van der Waals surface area contributed by atoms with Crippen LogP contribution in [0.3, 0.4) is 0 Å². The van der Waals surface area contributed by atoms with Crippen molar-refractivity contribution < 1.29 is 0 Å². The predicted octanol–water partition coefficient (Wildman–Crippen LogP) is 0.232. The Balaban J connectivity index is 3.17. The molecule has 0 amide bonds. The van der Waals surface area contributed by atoms with Crippen molar-refractivity contribution in [1.82, 2.24) is 9.97 Å². The van der Waals surface area contributed by atoms with Crippen LogP contribution >= 0.6 is 11.6 Å². The molecule has 2 radical (unpaired) electrons. The van der Waals surface area contributed by atoms with Gasteiger partial charge in [0.05, 0.1) is 0 Å². The maximum absolute atomic E-state index is 5.59. The first-order valence-electron chi connectivity index (χ1n) is 2.38. The van der Waals surface area contributed by atoms with Crippen LogP contribution in [0.5, 0.6) is 0 Å². The molecule has 0 unspecified atom stereocenters. The van der Waals surface area contributed by atoms with Crippen molar-refractivity contribution in [2.75, 3.05) is 0 Å². The molecule has 0 aliphatic heterocycles. The first-order valence-corrected chi connectivity index (χ1v) is 3.70. The van der Waals surface area contributed by atoms with E-state index < -0.39 is 0 Å². The molecule has 0 bridgehead atoms. The Bertz CT molecular complexity index is 176. The molecule has 46 valence electrons. The third-order valence-corrected chi connectivity index (χ3v) is 1.47. The fourth-order valence-electron chi connectivity index (χ4n) is 0.516. The van der Waals surface area contributed by atoms with Gasteiger partial charge < -0.3 is 0 Å². The molecule has 1 aromatic rings. The van der Waals surface area contributed by atoms with E-state index in [4.69, 9.17) is 11.6 Å². The summed E-state index contributed by atoms with van der Waals surface area (Å²) in [5.41, 5.74) is 0. The van der Waals surface area contributed by atoms with E-state index in [1.165, 1.54) is 0 Å². The summed E-state index contributed by atoms with van der Waals surface area (Å²) in [5.74, 6) is 0.707. The van der Waals surface area contributed by atoms with E-state index in [0.29, 0.717) is 11.0 Å². The van der Waals surface area contributed by atoms with Crippen molar-refractivity contribution >= 4 is 32.9 Å². The van der Waals surface area contributed by atoms with Crippen molar-refractivity contribution in [1.29, 1.82) is 0 Å². The van der Waals surface area contributed by atoms with Gasteiger partial charge in [-0.3, -0.25) is 0 Å². The molecule has 1 heterocycles. The van der Waals surface area contributed by atoms with E-state index in [1.807, 2.05) is 6.92 Å². The number of rotatable bonds is 0. The van der Waals surface area contributed by atoms with Gasteiger partial charge in [-0.1, -0.05) is 0 Å². The summed E-state index contributed by atoms with van der Waals surface area (Å²) in [4.78, 5) is 7.89. The van der Waals surface area contributed by atoms with E-state index in [-0.39, 0.29) is 0 Å². The minimum absolute atomic E-state index is 0.498. The van der Waals surface area contributed by atoms with E-state index >= 15 is 0 Å². The van der Waals surface area contributed by atoms with Crippen LogP contribution in [0.2, 0.25) is 5.15 Å². The Kier molecular flexibility index (Phi) is 2.09. The number of aromatic nitrogens is 2. The van der Waals surface area contributed by atoms with E-state index in [1.54, 1.807) is 6.07 Å². The Labute approximate surface area is 67.2 Å². The first kappa shape index (κ1) is 7.04. The zero-order valence-electron chi connectivity index (χ0n) is 4.80. The monoisotopic (exact) mass is 202 g/mol. The van der Waals surface area contributed by atoms with Crippen molar-refractivity contribution in [3.8, 4) is 0 Å². The summed E-state index contributed by atoms with van der Waals surface area (Å²) >= 11 is 7.91. The molecule has 2 nitrogen and oxygen atoms in total. The second-order valence-electron chi connectivity index (χ2n) is 1.60. The number of hydrogen-bond donors (Lipinski definition) is 0. The molecule has 0 aromatic carbocycles. The van der Waals surface area contributed by atoms with Crippen molar-refractivity contribution in [2.45, 2.75) is 6.92 Å². The molecule has 0 N–H and O–H groups in total. The molecular weight excluding hydrogens is 198 g/mol. The fourth-order valence-corrected chi connectivity index (χ4v) is 1.47. The Morgan fingerprint density at radius 2 is 2.22 bits per heavy atom. The predicted molar refractivity (Wildman–Crippen MR) is 37.2 cm³/mol. The van der Waals surface area contributed by atoms with Crippen LogP contribution in [0, 0.1) is 6.92 Å². The van der Waals surface area contributed by atoms with Crippen LogP contribution in [0.25, 0.3) is 0 Å². The molecule has 0 aliphatic rings. The van der Waals surface area contributed by atoms with Gasteiger partial charge in [-0.2, -0.15) is 0 Å². The van der Waals surface area contributed by atoms with Gasteiger partial charge in [0.15, 0.2) is 0 Å². The average molecular weight is 202 g/mol. The Morgan fingerprint density at radius 1 is 1.56 bits per heavy atom. The Morgan fingerprint density at radius 3 is 2.67 bits per heavy atom. The van der Waals surface area contributed by atoms with Gasteiger partial charge in [0.25, 0.3) is 0 Å². The number of halogens is 1. The molecule has 1 aromatic heterocycles. The van der Waals surface area contributed by atoms with Gasteiger partial charge in [-0.25, -0.2) is 0 Å². The molecular formula is C5H4AsClN2. The topological polar surface area (TPSA) is 25.8 Å². The van der Waals surface area contributed by atoms with Crippen molar-refractivity contribution in [3.05, 3.63) is 17.0 Å². The summed E-state index contributed by atoms with van der Waals surface area (Å²) < 4.78 is 0.847. The standard InChI is InChI=1S/C5H4AsClN2/c1-3-8-4(6)2-5(7)9-3/h2H,1H3. The van der Waals surface area contributed by atoms with Crippen LogP contribution in [0.4, 0.5) is 0 Å². The average Bonchev–Trinajstić information content (AvgIpc) is 1.59. The molecule has 0 aliphatic carbocycles. The third kappa shape index (κ3) is 1.96. The van der Waals surface area contributed by atoms with Crippen LogP contribution in [0.15, 0.2) is 6.07 Å². The zero-order chi connectivity index (χ0) is 6.85. The van der Waals surface area contributed by atoms with E-state index in [9.17, 15) is 0 Å². The maximum atomic E-state index is 5.59. The van der Waals surface area contributed by atoms with Gasteiger partial charge in [0, 0.05) is 0 Å². The first-order chi connectivity index (χ1) is 4.18. The molecule has 0 saturated heterocycles. The molecule has 0 saturated carbocycles. The van der Waals surface area contributed by atoms with Gasteiger partial charge in [-0.05, 0) is 0 Å². The van der Waals surface area contributed by atoms with Gasteiger partial charge in [0.2, 0.25) is 0 Å². The second-order valence-corrected chi connectivity index (χ2v) is 2.94. The minimum atomic E-state index is 0.498. The van der Waals surface area contributed by atoms with Gasteiger partial charge >= 0.3 is 66.9 Å². The third-order valence-electron chi connectivity index (χ3n) is 0.793. The molecule has 0 spiro atoms. The van der Waals surface area contributed by atoms with E-state index in [0.717, 1.165) is 4.48 Å². The van der Waals surface area contributed by atoms with Crippen molar-refractivity contribution in [3.63, 3.8) is 0 Å². The second kappa shape index (κ2) is 2.67. The molecule has 4 heteroatoms. The zero-order valence-corrected chi connectivity index (χ0v) is 7.43. The number of hydrogen-bond acceptors (Lipinski definition) is 2. The molecule has 1 rings (SSSR count). The van der Waals surface area contributed by atoms with Crippen LogP contribution in [-0.2, 0) is 0 Å². The summed E-state index contributed by atoms with van der Waals surface area (Å²) in [6, 6.07) is 1.70. The summed E-state index contributed by atoms with van der Waals surface area (Å²) in [6.45, 7) is 1.81. The van der Waals surface area contributed by atoms with Gasteiger partial charge in [0.1, 0.15) is 0 Å². The summed E-state index contributed by atoms with van der Waals surface area (Å²) in [7, 11) is 0. The quantitative estimate of drug-likeness (QED) is 0.445. The number of aryl methyl sites for hydroxylation is 1. The fraction of sp³-hybridized carbons (Fsp3) is 0.200. The van der Waals surface area contributed by atoms with Crippen molar-refractivity contribution in [2.24, 2.45) is 0 Å². The Hall–Kier alpha value is -0.0716. The SMILES string of the molecule is Cc1nc(Cl)cc([As])n1. The van der Waals surface area contributed by atoms with E-state index in [2.05, 4.69) is 26.8 Å². The van der Waals surface area contributed by atoms with Gasteiger partial charge in [-0.15, -0.1) is 0 Å².